The number of aromatic nitrogens is 12. The van der Waals surface area contributed by atoms with Crippen molar-refractivity contribution in [2.24, 2.45) is 12.0 Å². The van der Waals surface area contributed by atoms with E-state index in [9.17, 15) is 14.4 Å². The molecule has 17 aromatic rings. The van der Waals surface area contributed by atoms with Gasteiger partial charge in [-0.05, 0) is 144 Å². The average molecular weight is 1510 g/mol. The van der Waals surface area contributed by atoms with E-state index in [-0.39, 0.29) is 16.7 Å². The third-order valence-electron chi connectivity index (χ3n) is 19.1. The van der Waals surface area contributed by atoms with Gasteiger partial charge in [-0.2, -0.15) is 5.10 Å². The number of aryl methyl sites for hydroxylation is 8. The molecule has 9 heterocycles. The molecule has 0 unspecified atom stereocenters. The maximum atomic E-state index is 12.2. The highest BCUT2D eigenvalue weighted by Crippen LogP contribution is 2.29. The molecule has 19 rings (SSSR count). The van der Waals surface area contributed by atoms with Crippen LogP contribution in [0.2, 0.25) is 0 Å². The van der Waals surface area contributed by atoms with E-state index in [1.807, 2.05) is 200 Å². The summed E-state index contributed by atoms with van der Waals surface area (Å²) in [4.78, 5) is 77.9. The highest BCUT2D eigenvalue weighted by molar-refractivity contribution is 7.10. The molecule has 0 amide bonds. The summed E-state index contributed by atoms with van der Waals surface area (Å²) in [5.74, 6) is 4.36. The summed E-state index contributed by atoms with van der Waals surface area (Å²) in [6.07, 6.45) is 21.5. The molecule has 560 valence electrons. The first kappa shape index (κ1) is 75.1. The molecular weight excluding hydrogens is 1440 g/mol. The van der Waals surface area contributed by atoms with Gasteiger partial charge in [0.1, 0.15) is 34.7 Å². The number of oxazole rings is 1. The van der Waals surface area contributed by atoms with E-state index in [0.29, 0.717) is 64.9 Å². The topological polar surface area (TPSA) is 245 Å². The molecule has 0 atom stereocenters. The summed E-state index contributed by atoms with van der Waals surface area (Å²) in [7, 11) is 1.94. The first-order chi connectivity index (χ1) is 56.1. The average Bonchev–Trinajstić information content (AvgIpc) is 1.54. The van der Waals surface area contributed by atoms with Crippen LogP contribution in [0.4, 0.5) is 0 Å². The molecule has 19 heteroatoms. The predicted molar refractivity (Wildman–Crippen MR) is 456 cm³/mol. The molecule has 0 radical (unpaired) electrons. The van der Waals surface area contributed by atoms with E-state index in [0.717, 1.165) is 129 Å². The number of rotatable bonds is 19. The fourth-order valence-electron chi connectivity index (χ4n) is 13.2. The Morgan fingerprint density at radius 1 is 0.439 bits per heavy atom. The zero-order valence-corrected chi connectivity index (χ0v) is 63.4. The van der Waals surface area contributed by atoms with Crippen molar-refractivity contribution in [3.63, 3.8) is 0 Å². The Hall–Kier alpha value is -14.3. The number of para-hydroxylation sites is 5. The second kappa shape index (κ2) is 36.9. The molecule has 8 aromatic heterocycles. The first-order valence-electron chi connectivity index (χ1n) is 37.8. The van der Waals surface area contributed by atoms with Gasteiger partial charge >= 0.3 is 0 Å². The van der Waals surface area contributed by atoms with Crippen LogP contribution in [0.3, 0.4) is 0 Å². The molecule has 0 spiro atoms. The molecular formula is C95H79N13O5S. The number of allylic oxidation sites excluding steroid dienone is 6. The molecule has 18 nitrogen and oxygen atoms in total. The summed E-state index contributed by atoms with van der Waals surface area (Å²) < 4.78 is 13.1. The minimum atomic E-state index is -0.113. The van der Waals surface area contributed by atoms with Gasteiger partial charge in [-0.1, -0.05) is 218 Å². The Bertz CT molecular complexity index is 6460. The normalized spacial score (nSPS) is 12.2. The number of fused-ring (bicyclic) bond motifs is 4. The monoisotopic (exact) mass is 1510 g/mol. The van der Waals surface area contributed by atoms with Crippen molar-refractivity contribution >= 4 is 72.4 Å². The van der Waals surface area contributed by atoms with E-state index >= 15 is 0 Å². The number of nitrogens with one attached hydrogen (secondary N) is 3. The second-order valence-electron chi connectivity index (χ2n) is 27.2. The van der Waals surface area contributed by atoms with Crippen LogP contribution in [0.1, 0.15) is 69.2 Å². The highest BCUT2D eigenvalue weighted by Gasteiger charge is 2.16. The van der Waals surface area contributed by atoms with Crippen LogP contribution in [-0.2, 0) is 52.0 Å². The molecule has 2 aliphatic rings. The van der Waals surface area contributed by atoms with Gasteiger partial charge in [0.25, 0.3) is 16.7 Å². The standard InChI is InChI=1S/C20H18N4O.C20H17N3O.C19H15N3O2.C19H15N3O.C17H14S/c1-24-15(13-18(23-24)14-7-3-2-4-8-14)11-12-19-21-17-10-6-5-9-16(17)20(25)22-19;24-20-16-8-4-5-9-17(16)22-19(23-20)11-10-14-12-18(21-13-14)15-6-2-1-3-7-15;23-19-15-8-4-5-9-16(15)20-18(21-19)11-10-14-12-17(22-24-14)13-6-2-1-3-7-13;1-2-6-14(7-3-1)19-21-13-16(23-19)11-10-15-12-20-17-8-4-5-9-18(17)22-15;1-2-5-15(6-3-1)16-10-8-14(13-16)9-11-17-7-4-12-18-17/h2-10,13H,11-12H2,1H3,(H,21,22,25);1-9,12H,10-11,13H2,(H,22,23,24);1-9,12H,10-11H2,(H,20,21,23);1-9,12-13H,10-11H2;1-7,9-13H,8H2. The molecule has 1 aliphatic carbocycles. The van der Waals surface area contributed by atoms with Gasteiger partial charge in [0.05, 0.1) is 73.6 Å². The van der Waals surface area contributed by atoms with Crippen LogP contribution in [0.25, 0.3) is 89.4 Å². The number of aromatic amines is 3. The number of H-pyrrole nitrogens is 3. The first-order valence-corrected chi connectivity index (χ1v) is 38.7. The van der Waals surface area contributed by atoms with Crippen LogP contribution in [0.5, 0.6) is 0 Å². The van der Waals surface area contributed by atoms with E-state index in [4.69, 9.17) is 8.94 Å². The van der Waals surface area contributed by atoms with Crippen LogP contribution >= 0.6 is 11.3 Å². The Morgan fingerprint density at radius 2 is 0.947 bits per heavy atom. The van der Waals surface area contributed by atoms with Gasteiger partial charge < -0.3 is 23.9 Å². The Morgan fingerprint density at radius 3 is 1.54 bits per heavy atom. The largest absolute Gasteiger partial charge is 0.441 e. The fourth-order valence-corrected chi connectivity index (χ4v) is 13.8. The van der Waals surface area contributed by atoms with Crippen molar-refractivity contribution in [2.75, 3.05) is 6.54 Å². The molecule has 114 heavy (non-hydrogen) atoms. The van der Waals surface area contributed by atoms with Crippen molar-refractivity contribution in [2.45, 2.75) is 57.8 Å². The second-order valence-corrected chi connectivity index (χ2v) is 28.1. The summed E-state index contributed by atoms with van der Waals surface area (Å²) in [5.41, 5.74) is 18.2. The molecule has 0 saturated heterocycles. The van der Waals surface area contributed by atoms with Crippen molar-refractivity contribution in [3.8, 4) is 34.0 Å². The molecule has 1 aliphatic heterocycles. The molecule has 3 N–H and O–H groups in total. The van der Waals surface area contributed by atoms with Gasteiger partial charge in [0.2, 0.25) is 5.89 Å². The van der Waals surface area contributed by atoms with Crippen LogP contribution in [0.15, 0.2) is 355 Å². The van der Waals surface area contributed by atoms with Gasteiger partial charge in [0.15, 0.2) is 0 Å². The highest BCUT2D eigenvalue weighted by atomic mass is 32.1. The zero-order valence-electron chi connectivity index (χ0n) is 62.6. The number of nitrogens with zero attached hydrogens (tertiary/aromatic N) is 10. The fraction of sp³-hybridized carbons (Fsp3) is 0.116. The van der Waals surface area contributed by atoms with E-state index < -0.39 is 0 Å². The lowest BCUT2D eigenvalue weighted by atomic mass is 10.1. The van der Waals surface area contributed by atoms with E-state index in [1.165, 1.54) is 27.2 Å². The number of hydrogen-bond donors (Lipinski definition) is 3. The molecule has 0 saturated carbocycles. The minimum absolute atomic E-state index is 0.0720. The van der Waals surface area contributed by atoms with Gasteiger partial charge in [-0.15, -0.1) is 11.3 Å². The summed E-state index contributed by atoms with van der Waals surface area (Å²) in [5, 5.41) is 12.7. The summed E-state index contributed by atoms with van der Waals surface area (Å²) in [6.45, 7) is 0.724. The predicted octanol–water partition coefficient (Wildman–Crippen LogP) is 19.0. The SMILES string of the molecule is C(=Cc1cccs1)C1=CC(c2ccccc2)=CC1.Cn1nc(-c2ccccc2)cc1CCc1nc2ccccc2c(=O)[nH]1.O=c1[nH]c(CCC2=CC(c3ccccc3)=NC2)nc2ccccc12.O=c1[nH]c(CCc2cc(-c3ccccc3)no2)nc2ccccc12.c1ccc(-c2ncc(CCc3cnc4ccccc4n3)o2)cc1. The molecule has 0 fully saturated rings. The summed E-state index contributed by atoms with van der Waals surface area (Å²) >= 11 is 1.77. The smallest absolute Gasteiger partial charge is 0.258 e. The van der Waals surface area contributed by atoms with Gasteiger partial charge in [-0.25, -0.2) is 24.9 Å². The number of thiophene rings is 1. The summed E-state index contributed by atoms with van der Waals surface area (Å²) in [6, 6.07) is 88.9. The van der Waals surface area contributed by atoms with Crippen LogP contribution in [0, 0.1) is 0 Å². The number of hydrogen-bond acceptors (Lipinski definition) is 15. The molecule has 9 aromatic carbocycles. The van der Waals surface area contributed by atoms with Crippen molar-refractivity contribution < 1.29 is 8.94 Å². The van der Waals surface area contributed by atoms with Crippen molar-refractivity contribution in [1.82, 2.24) is 59.8 Å². The van der Waals surface area contributed by atoms with Gasteiger partial charge in [0, 0.05) is 78.7 Å². The van der Waals surface area contributed by atoms with E-state index in [2.05, 4.69) is 169 Å². The zero-order chi connectivity index (χ0) is 77.6. The third kappa shape index (κ3) is 19.8. The lowest BCUT2D eigenvalue weighted by Gasteiger charge is -2.03. The maximum absolute atomic E-state index is 12.2. The van der Waals surface area contributed by atoms with Crippen LogP contribution in [-0.4, -0.2) is 72.0 Å². The lowest BCUT2D eigenvalue weighted by Crippen LogP contribution is -2.13. The third-order valence-corrected chi connectivity index (χ3v) is 20.0. The lowest BCUT2D eigenvalue weighted by molar-refractivity contribution is 0.384. The number of benzene rings is 9. The van der Waals surface area contributed by atoms with Gasteiger partial charge in [-0.3, -0.25) is 29.0 Å². The maximum Gasteiger partial charge on any atom is 0.258 e. The quantitative estimate of drug-likeness (QED) is 0.0683. The number of aliphatic imine (C=N–C) groups is 1. The Kier molecular flexibility index (Phi) is 24.3. The van der Waals surface area contributed by atoms with E-state index in [1.54, 1.807) is 35.7 Å². The van der Waals surface area contributed by atoms with Crippen LogP contribution < -0.4 is 16.7 Å². The minimum Gasteiger partial charge on any atom is -0.441 e. The Labute approximate surface area is 661 Å². The van der Waals surface area contributed by atoms with Crippen molar-refractivity contribution in [3.05, 3.63) is 414 Å². The molecule has 0 bridgehead atoms. The van der Waals surface area contributed by atoms with Crippen molar-refractivity contribution in [1.29, 1.82) is 0 Å². The Balaban J connectivity index is 0.000000113.